The molecule has 0 radical (unpaired) electrons. The molecule has 0 spiro atoms. The Labute approximate surface area is 75.1 Å². The number of hydrogen-bond donors (Lipinski definition) is 2. The third-order valence-corrected chi connectivity index (χ3v) is 1.85. The molecule has 0 fully saturated rings. The Balaban J connectivity index is 2.90. The summed E-state index contributed by atoms with van der Waals surface area (Å²) in [5.41, 5.74) is 0. The first-order valence-electron chi connectivity index (χ1n) is 4.70. The molecule has 0 bridgehead atoms. The summed E-state index contributed by atoms with van der Waals surface area (Å²) in [6.07, 6.45) is 1.21. The largest absolute Gasteiger partial charge is 0.394 e. The van der Waals surface area contributed by atoms with Crippen molar-refractivity contribution >= 4 is 0 Å². The zero-order valence-corrected chi connectivity index (χ0v) is 8.18. The Kier molecular flexibility index (Phi) is 8.88. The minimum atomic E-state index is 0.116. The second-order valence-electron chi connectivity index (χ2n) is 3.05. The summed E-state index contributed by atoms with van der Waals surface area (Å²) in [5, 5.41) is 11.7. The van der Waals surface area contributed by atoms with Gasteiger partial charge < -0.3 is 15.2 Å². The first-order chi connectivity index (χ1) is 5.81. The Bertz CT molecular complexity index is 88.6. The van der Waals surface area contributed by atoms with Gasteiger partial charge in [0, 0.05) is 6.54 Å². The SMILES string of the molecule is CC[C@H](C)CNCCOCCO. The van der Waals surface area contributed by atoms with Crippen LogP contribution in [0.15, 0.2) is 0 Å². The maximum atomic E-state index is 8.40. The molecule has 0 aliphatic carbocycles. The molecule has 3 nitrogen and oxygen atoms in total. The molecule has 0 saturated heterocycles. The van der Waals surface area contributed by atoms with Gasteiger partial charge in [-0.3, -0.25) is 0 Å². The molecule has 0 saturated carbocycles. The summed E-state index contributed by atoms with van der Waals surface area (Å²) in [6.45, 7) is 7.60. The van der Waals surface area contributed by atoms with Crippen molar-refractivity contribution in [3.05, 3.63) is 0 Å². The second-order valence-corrected chi connectivity index (χ2v) is 3.05. The Morgan fingerprint density at radius 1 is 1.42 bits per heavy atom. The van der Waals surface area contributed by atoms with Crippen molar-refractivity contribution in [2.45, 2.75) is 20.3 Å². The van der Waals surface area contributed by atoms with E-state index in [1.54, 1.807) is 0 Å². The maximum absolute atomic E-state index is 8.40. The van der Waals surface area contributed by atoms with Crippen molar-refractivity contribution < 1.29 is 9.84 Å². The highest BCUT2D eigenvalue weighted by Crippen LogP contribution is 1.96. The third kappa shape index (κ3) is 7.98. The van der Waals surface area contributed by atoms with Crippen LogP contribution in [0.2, 0.25) is 0 Å². The van der Waals surface area contributed by atoms with Gasteiger partial charge in [0.25, 0.3) is 0 Å². The summed E-state index contributed by atoms with van der Waals surface area (Å²) in [7, 11) is 0. The molecule has 0 aromatic rings. The van der Waals surface area contributed by atoms with Gasteiger partial charge in [0.2, 0.25) is 0 Å². The van der Waals surface area contributed by atoms with E-state index in [9.17, 15) is 0 Å². The summed E-state index contributed by atoms with van der Waals surface area (Å²) in [5.74, 6) is 0.739. The molecular weight excluding hydrogens is 154 g/mol. The molecule has 3 heteroatoms. The van der Waals surface area contributed by atoms with Crippen LogP contribution in [0.3, 0.4) is 0 Å². The van der Waals surface area contributed by atoms with E-state index in [4.69, 9.17) is 9.84 Å². The molecule has 1 atom stereocenters. The zero-order chi connectivity index (χ0) is 9.23. The molecule has 0 rings (SSSR count). The minimum absolute atomic E-state index is 0.116. The molecule has 0 amide bonds. The Hall–Kier alpha value is -0.120. The lowest BCUT2D eigenvalue weighted by Gasteiger charge is -2.09. The standard InChI is InChI=1S/C9H21NO2/c1-3-9(2)8-10-4-6-12-7-5-11/h9-11H,3-8H2,1-2H3/t9-/m0/s1. The van der Waals surface area contributed by atoms with Crippen molar-refractivity contribution in [3.63, 3.8) is 0 Å². The Morgan fingerprint density at radius 3 is 2.75 bits per heavy atom. The van der Waals surface area contributed by atoms with Gasteiger partial charge >= 0.3 is 0 Å². The van der Waals surface area contributed by atoms with Crippen LogP contribution in [0, 0.1) is 5.92 Å². The highest BCUT2D eigenvalue weighted by molar-refractivity contribution is 4.53. The summed E-state index contributed by atoms with van der Waals surface area (Å²) >= 11 is 0. The molecule has 74 valence electrons. The Morgan fingerprint density at radius 2 is 2.17 bits per heavy atom. The summed E-state index contributed by atoms with van der Waals surface area (Å²) in [6, 6.07) is 0. The van der Waals surface area contributed by atoms with Crippen molar-refractivity contribution in [2.24, 2.45) is 5.92 Å². The predicted octanol–water partition coefficient (Wildman–Crippen LogP) is 0.631. The maximum Gasteiger partial charge on any atom is 0.0698 e. The first kappa shape index (κ1) is 11.9. The van der Waals surface area contributed by atoms with Crippen LogP contribution in [0.5, 0.6) is 0 Å². The van der Waals surface area contributed by atoms with E-state index in [2.05, 4.69) is 19.2 Å². The highest BCUT2D eigenvalue weighted by Gasteiger charge is 1.96. The van der Waals surface area contributed by atoms with E-state index in [0.717, 1.165) is 19.0 Å². The molecule has 2 N–H and O–H groups in total. The van der Waals surface area contributed by atoms with Gasteiger partial charge in [-0.05, 0) is 12.5 Å². The molecule has 0 aliphatic rings. The predicted molar refractivity (Wildman–Crippen MR) is 50.2 cm³/mol. The van der Waals surface area contributed by atoms with Crippen LogP contribution in [0.4, 0.5) is 0 Å². The molecule has 0 unspecified atom stereocenters. The lowest BCUT2D eigenvalue weighted by atomic mass is 10.1. The molecular formula is C9H21NO2. The van der Waals surface area contributed by atoms with Crippen LogP contribution >= 0.6 is 0 Å². The third-order valence-electron chi connectivity index (χ3n) is 1.85. The van der Waals surface area contributed by atoms with Gasteiger partial charge in [-0.15, -0.1) is 0 Å². The molecule has 0 aromatic heterocycles. The topological polar surface area (TPSA) is 41.5 Å². The number of nitrogens with one attached hydrogen (secondary N) is 1. The number of rotatable bonds is 8. The van der Waals surface area contributed by atoms with Gasteiger partial charge in [0.1, 0.15) is 0 Å². The fourth-order valence-corrected chi connectivity index (χ4v) is 0.804. The molecule has 12 heavy (non-hydrogen) atoms. The van der Waals surface area contributed by atoms with E-state index in [1.165, 1.54) is 6.42 Å². The number of hydrogen-bond acceptors (Lipinski definition) is 3. The fourth-order valence-electron chi connectivity index (χ4n) is 0.804. The number of ether oxygens (including phenoxy) is 1. The van der Waals surface area contributed by atoms with Crippen LogP contribution in [0.1, 0.15) is 20.3 Å². The highest BCUT2D eigenvalue weighted by atomic mass is 16.5. The second kappa shape index (κ2) is 8.97. The quantitative estimate of drug-likeness (QED) is 0.532. The minimum Gasteiger partial charge on any atom is -0.394 e. The van der Waals surface area contributed by atoms with Crippen molar-refractivity contribution in [1.29, 1.82) is 0 Å². The van der Waals surface area contributed by atoms with E-state index in [1.807, 2.05) is 0 Å². The van der Waals surface area contributed by atoms with Gasteiger partial charge in [0.15, 0.2) is 0 Å². The van der Waals surface area contributed by atoms with Crippen LogP contribution in [-0.4, -0.2) is 38.0 Å². The average Bonchev–Trinajstić information content (AvgIpc) is 2.10. The lowest BCUT2D eigenvalue weighted by molar-refractivity contribution is 0.0935. The van der Waals surface area contributed by atoms with Crippen LogP contribution < -0.4 is 5.32 Å². The smallest absolute Gasteiger partial charge is 0.0698 e. The first-order valence-corrected chi connectivity index (χ1v) is 4.70. The molecule has 0 aliphatic heterocycles. The van der Waals surface area contributed by atoms with Crippen molar-refractivity contribution in [3.8, 4) is 0 Å². The van der Waals surface area contributed by atoms with E-state index < -0.39 is 0 Å². The average molecular weight is 175 g/mol. The van der Waals surface area contributed by atoms with Gasteiger partial charge in [-0.2, -0.15) is 0 Å². The fraction of sp³-hybridized carbons (Fsp3) is 1.00. The van der Waals surface area contributed by atoms with Crippen molar-refractivity contribution in [1.82, 2.24) is 5.32 Å². The molecule has 0 aromatic carbocycles. The van der Waals surface area contributed by atoms with E-state index >= 15 is 0 Å². The van der Waals surface area contributed by atoms with Crippen LogP contribution in [-0.2, 0) is 4.74 Å². The van der Waals surface area contributed by atoms with E-state index in [-0.39, 0.29) is 6.61 Å². The van der Waals surface area contributed by atoms with Gasteiger partial charge in [-0.25, -0.2) is 0 Å². The van der Waals surface area contributed by atoms with Crippen LogP contribution in [0.25, 0.3) is 0 Å². The number of aliphatic hydroxyl groups excluding tert-OH is 1. The normalized spacial score (nSPS) is 13.2. The zero-order valence-electron chi connectivity index (χ0n) is 8.18. The molecule has 0 heterocycles. The van der Waals surface area contributed by atoms with E-state index in [0.29, 0.717) is 13.2 Å². The summed E-state index contributed by atoms with van der Waals surface area (Å²) < 4.78 is 5.09. The monoisotopic (exact) mass is 175 g/mol. The van der Waals surface area contributed by atoms with Crippen molar-refractivity contribution in [2.75, 3.05) is 32.9 Å². The van der Waals surface area contributed by atoms with Gasteiger partial charge in [-0.1, -0.05) is 20.3 Å². The lowest BCUT2D eigenvalue weighted by Crippen LogP contribution is -2.25. The number of aliphatic hydroxyl groups is 1. The summed E-state index contributed by atoms with van der Waals surface area (Å²) in [4.78, 5) is 0. The van der Waals surface area contributed by atoms with Gasteiger partial charge in [0.05, 0.1) is 19.8 Å².